The average molecular weight is 291 g/mol. The molecule has 5 nitrogen and oxygen atoms in total. The molecule has 1 saturated heterocycles. The Morgan fingerprint density at radius 3 is 2.57 bits per heavy atom. The van der Waals surface area contributed by atoms with E-state index in [-0.39, 0.29) is 11.8 Å². The van der Waals surface area contributed by atoms with Gasteiger partial charge in [-0.3, -0.25) is 4.79 Å². The molecule has 0 bridgehead atoms. The first-order chi connectivity index (χ1) is 9.99. The Morgan fingerprint density at radius 1 is 1.24 bits per heavy atom. The van der Waals surface area contributed by atoms with Crippen molar-refractivity contribution >= 4 is 5.91 Å². The maximum absolute atomic E-state index is 12.4. The molecule has 2 heterocycles. The minimum absolute atomic E-state index is 0.0732. The summed E-state index contributed by atoms with van der Waals surface area (Å²) in [5.41, 5.74) is -0.175. The second-order valence-corrected chi connectivity index (χ2v) is 6.13. The third kappa shape index (κ3) is 2.58. The molecule has 1 N–H and O–H groups in total. The van der Waals surface area contributed by atoms with Crippen LogP contribution in [-0.2, 0) is 0 Å². The molecule has 114 valence electrons. The molecule has 0 spiro atoms. The van der Waals surface area contributed by atoms with Gasteiger partial charge in [-0.1, -0.05) is 13.8 Å². The van der Waals surface area contributed by atoms with Gasteiger partial charge in [0.1, 0.15) is 5.60 Å². The van der Waals surface area contributed by atoms with Gasteiger partial charge in [-0.05, 0) is 24.1 Å². The zero-order chi connectivity index (χ0) is 15.0. The van der Waals surface area contributed by atoms with Gasteiger partial charge in [0.25, 0.3) is 5.91 Å². The summed E-state index contributed by atoms with van der Waals surface area (Å²) in [5.74, 6) is 1.38. The van der Waals surface area contributed by atoms with E-state index in [0.717, 1.165) is 6.42 Å². The largest absolute Gasteiger partial charge is 0.490 e. The molecule has 2 aliphatic heterocycles. The predicted molar refractivity (Wildman–Crippen MR) is 77.7 cm³/mol. The van der Waals surface area contributed by atoms with Crippen LogP contribution in [-0.4, -0.2) is 47.8 Å². The first kappa shape index (κ1) is 14.2. The molecule has 0 unspecified atom stereocenters. The Kier molecular flexibility index (Phi) is 3.53. The molecule has 2 aliphatic rings. The normalized spacial score (nSPS) is 19.9. The summed E-state index contributed by atoms with van der Waals surface area (Å²) in [5, 5.41) is 10.2. The van der Waals surface area contributed by atoms with Gasteiger partial charge in [0.15, 0.2) is 11.5 Å². The minimum atomic E-state index is -0.749. The molecular formula is C16H21NO4. The average Bonchev–Trinajstić information content (AvgIpc) is 2.67. The summed E-state index contributed by atoms with van der Waals surface area (Å²) in [6.45, 7) is 5.94. The number of carbonyl (C=O) groups excluding carboxylic acids is 1. The van der Waals surface area contributed by atoms with Crippen LogP contribution in [0.3, 0.4) is 0 Å². The molecule has 3 rings (SSSR count). The van der Waals surface area contributed by atoms with Crippen LogP contribution >= 0.6 is 0 Å². The number of hydrogen-bond donors (Lipinski definition) is 1. The van der Waals surface area contributed by atoms with Crippen molar-refractivity contribution in [2.75, 3.05) is 26.3 Å². The van der Waals surface area contributed by atoms with E-state index in [1.54, 1.807) is 23.1 Å². The van der Waals surface area contributed by atoms with E-state index in [4.69, 9.17) is 9.47 Å². The Hall–Kier alpha value is -1.75. The van der Waals surface area contributed by atoms with Crippen LogP contribution in [0.2, 0.25) is 0 Å². The lowest BCUT2D eigenvalue weighted by atomic mass is 9.82. The Balaban J connectivity index is 1.73. The van der Waals surface area contributed by atoms with E-state index in [2.05, 4.69) is 0 Å². The molecule has 1 aromatic carbocycles. The van der Waals surface area contributed by atoms with E-state index in [1.165, 1.54) is 0 Å². The minimum Gasteiger partial charge on any atom is -0.490 e. The molecule has 5 heteroatoms. The van der Waals surface area contributed by atoms with Crippen LogP contribution in [0.15, 0.2) is 18.2 Å². The second kappa shape index (κ2) is 5.22. The molecule has 1 amide bonds. The number of β-amino-alcohol motifs (C(OH)–C–C–N with tert-alkyl or cyclic N) is 1. The van der Waals surface area contributed by atoms with E-state index in [0.29, 0.717) is 43.4 Å². The van der Waals surface area contributed by atoms with Gasteiger partial charge in [-0.2, -0.15) is 0 Å². The van der Waals surface area contributed by atoms with Crippen molar-refractivity contribution in [3.05, 3.63) is 23.8 Å². The molecular weight excluding hydrogens is 270 g/mol. The lowest BCUT2D eigenvalue weighted by Crippen LogP contribution is -2.65. The molecule has 1 fully saturated rings. The van der Waals surface area contributed by atoms with Crippen molar-refractivity contribution in [1.82, 2.24) is 4.90 Å². The summed E-state index contributed by atoms with van der Waals surface area (Å²) in [6, 6.07) is 5.26. The number of nitrogens with zero attached hydrogens (tertiary/aromatic N) is 1. The smallest absolute Gasteiger partial charge is 0.254 e. The topological polar surface area (TPSA) is 59.0 Å². The first-order valence-electron chi connectivity index (χ1n) is 7.41. The lowest BCUT2D eigenvalue weighted by Gasteiger charge is -2.49. The predicted octanol–water partition coefficient (Wildman–Crippen LogP) is 1.69. The Labute approximate surface area is 124 Å². The summed E-state index contributed by atoms with van der Waals surface area (Å²) >= 11 is 0. The van der Waals surface area contributed by atoms with Crippen molar-refractivity contribution in [3.63, 3.8) is 0 Å². The fraction of sp³-hybridized carbons (Fsp3) is 0.562. The number of likely N-dealkylation sites (tertiary alicyclic amines) is 1. The highest BCUT2D eigenvalue weighted by molar-refractivity contribution is 5.95. The second-order valence-electron chi connectivity index (χ2n) is 6.13. The van der Waals surface area contributed by atoms with Gasteiger partial charge >= 0.3 is 0 Å². The number of ether oxygens (including phenoxy) is 2. The highest BCUT2D eigenvalue weighted by Crippen LogP contribution is 2.33. The molecule has 0 aromatic heterocycles. The van der Waals surface area contributed by atoms with Crippen LogP contribution < -0.4 is 9.47 Å². The van der Waals surface area contributed by atoms with Crippen molar-refractivity contribution in [3.8, 4) is 11.5 Å². The van der Waals surface area contributed by atoms with Gasteiger partial charge in [0, 0.05) is 12.0 Å². The third-order valence-electron chi connectivity index (χ3n) is 4.29. The van der Waals surface area contributed by atoms with Crippen LogP contribution in [0.25, 0.3) is 0 Å². The van der Waals surface area contributed by atoms with Crippen LogP contribution in [0.1, 0.15) is 30.6 Å². The maximum atomic E-state index is 12.4. The van der Waals surface area contributed by atoms with Gasteiger partial charge in [-0.25, -0.2) is 0 Å². The van der Waals surface area contributed by atoms with Crippen LogP contribution in [0, 0.1) is 5.92 Å². The fourth-order valence-electron chi connectivity index (χ4n) is 2.60. The Bertz CT molecular complexity index is 549. The summed E-state index contributed by atoms with van der Waals surface area (Å²) in [6.07, 6.45) is 0.839. The number of carbonyl (C=O) groups is 1. The fourth-order valence-corrected chi connectivity index (χ4v) is 2.60. The van der Waals surface area contributed by atoms with Crippen LogP contribution in [0.5, 0.6) is 11.5 Å². The molecule has 0 aliphatic carbocycles. The lowest BCUT2D eigenvalue weighted by molar-refractivity contribution is -0.110. The Morgan fingerprint density at radius 2 is 1.90 bits per heavy atom. The third-order valence-corrected chi connectivity index (χ3v) is 4.29. The van der Waals surface area contributed by atoms with E-state index in [1.807, 2.05) is 13.8 Å². The van der Waals surface area contributed by atoms with Gasteiger partial charge in [-0.15, -0.1) is 0 Å². The van der Waals surface area contributed by atoms with Crippen molar-refractivity contribution in [1.29, 1.82) is 0 Å². The van der Waals surface area contributed by atoms with Gasteiger partial charge < -0.3 is 19.5 Å². The number of aliphatic hydroxyl groups is 1. The molecule has 0 radical (unpaired) electrons. The van der Waals surface area contributed by atoms with E-state index >= 15 is 0 Å². The monoisotopic (exact) mass is 291 g/mol. The van der Waals surface area contributed by atoms with Crippen molar-refractivity contribution < 1.29 is 19.4 Å². The first-order valence-corrected chi connectivity index (χ1v) is 7.41. The SMILES string of the molecule is CC(C)C1(O)CN(C(=O)c2ccc3c(c2)OCCCO3)C1. The van der Waals surface area contributed by atoms with Crippen molar-refractivity contribution in [2.24, 2.45) is 5.92 Å². The highest BCUT2D eigenvalue weighted by Gasteiger charge is 2.46. The van der Waals surface area contributed by atoms with Gasteiger partial charge in [0.2, 0.25) is 0 Å². The van der Waals surface area contributed by atoms with Gasteiger partial charge in [0.05, 0.1) is 26.3 Å². The summed E-state index contributed by atoms with van der Waals surface area (Å²) in [4.78, 5) is 14.1. The van der Waals surface area contributed by atoms with Crippen LogP contribution in [0.4, 0.5) is 0 Å². The number of amides is 1. The summed E-state index contributed by atoms with van der Waals surface area (Å²) in [7, 11) is 0. The number of benzene rings is 1. The van der Waals surface area contributed by atoms with E-state index < -0.39 is 5.60 Å². The number of hydrogen-bond acceptors (Lipinski definition) is 4. The van der Waals surface area contributed by atoms with E-state index in [9.17, 15) is 9.90 Å². The quantitative estimate of drug-likeness (QED) is 0.901. The molecule has 21 heavy (non-hydrogen) atoms. The van der Waals surface area contributed by atoms with Crippen molar-refractivity contribution in [2.45, 2.75) is 25.9 Å². The highest BCUT2D eigenvalue weighted by atomic mass is 16.5. The zero-order valence-electron chi connectivity index (χ0n) is 12.5. The standard InChI is InChI=1S/C16H21NO4/c1-11(2)16(19)9-17(10-16)15(18)12-4-5-13-14(8-12)21-7-3-6-20-13/h4-5,8,11,19H,3,6-7,9-10H2,1-2H3. The molecule has 0 saturated carbocycles. The summed E-state index contributed by atoms with van der Waals surface area (Å²) < 4.78 is 11.2. The number of rotatable bonds is 2. The maximum Gasteiger partial charge on any atom is 0.254 e. The molecule has 1 aromatic rings. The zero-order valence-corrected chi connectivity index (χ0v) is 12.5. The number of fused-ring (bicyclic) bond motifs is 1. The molecule has 0 atom stereocenters.